The predicted molar refractivity (Wildman–Crippen MR) is 101 cm³/mol. The fourth-order valence-electron chi connectivity index (χ4n) is 3.25. The lowest BCUT2D eigenvalue weighted by Crippen LogP contribution is -2.37. The van der Waals surface area contributed by atoms with Crippen molar-refractivity contribution in [3.05, 3.63) is 53.1 Å². The highest BCUT2D eigenvalue weighted by molar-refractivity contribution is 5.92. The predicted octanol–water partition coefficient (Wildman–Crippen LogP) is 1.83. The number of hydrogen-bond acceptors (Lipinski definition) is 6. The number of nitrogens with one attached hydrogen (secondary N) is 1. The summed E-state index contributed by atoms with van der Waals surface area (Å²) in [6, 6.07) is 7.43. The maximum Gasteiger partial charge on any atom is 0.274 e. The first-order chi connectivity index (χ1) is 13.0. The van der Waals surface area contributed by atoms with Gasteiger partial charge in [-0.05, 0) is 31.5 Å². The molecule has 1 amide bonds. The van der Waals surface area contributed by atoms with Crippen molar-refractivity contribution < 1.29 is 4.79 Å². The van der Waals surface area contributed by atoms with Crippen LogP contribution in [0, 0.1) is 6.92 Å². The van der Waals surface area contributed by atoms with Crippen LogP contribution >= 0.6 is 0 Å². The van der Waals surface area contributed by atoms with Gasteiger partial charge in [0.2, 0.25) is 0 Å². The van der Waals surface area contributed by atoms with Crippen molar-refractivity contribution in [2.45, 2.75) is 19.9 Å². The molecule has 0 radical (unpaired) electrons. The molecule has 8 heteroatoms. The zero-order chi connectivity index (χ0) is 19.0. The Balaban J connectivity index is 1.71. The van der Waals surface area contributed by atoms with Crippen molar-refractivity contribution in [3.63, 3.8) is 0 Å². The second-order valence-corrected chi connectivity index (χ2v) is 6.82. The summed E-state index contributed by atoms with van der Waals surface area (Å²) in [5, 5.41) is 6.91. The van der Waals surface area contributed by atoms with Gasteiger partial charge in [0.25, 0.3) is 5.91 Å². The molecule has 0 fully saturated rings. The first-order valence-corrected chi connectivity index (χ1v) is 8.82. The Labute approximate surface area is 157 Å². The van der Waals surface area contributed by atoms with Gasteiger partial charge < -0.3 is 9.80 Å². The SMILES string of the molecule is Cc1cc(C(=O)N2CCc3c(nc(-c4ccccn4)nc3N(C)C)C2)n[nH]1. The third-order valence-electron chi connectivity index (χ3n) is 4.57. The molecule has 1 aliphatic rings. The minimum atomic E-state index is -0.0885. The van der Waals surface area contributed by atoms with E-state index in [4.69, 9.17) is 9.97 Å². The third-order valence-corrected chi connectivity index (χ3v) is 4.57. The van der Waals surface area contributed by atoms with Crippen LogP contribution in [0.15, 0.2) is 30.5 Å². The maximum absolute atomic E-state index is 12.8. The number of aromatic amines is 1. The number of pyridine rings is 1. The topological polar surface area (TPSA) is 90.9 Å². The maximum atomic E-state index is 12.8. The Bertz CT molecular complexity index is 981. The monoisotopic (exact) mass is 363 g/mol. The molecule has 4 rings (SSSR count). The number of rotatable bonds is 3. The molecule has 0 bridgehead atoms. The molecular weight excluding hydrogens is 342 g/mol. The second kappa shape index (κ2) is 6.79. The number of nitrogens with zero attached hydrogens (tertiary/aromatic N) is 6. The zero-order valence-corrected chi connectivity index (χ0v) is 15.6. The van der Waals surface area contributed by atoms with E-state index in [-0.39, 0.29) is 5.91 Å². The van der Waals surface area contributed by atoms with Crippen LogP contribution in [0.3, 0.4) is 0 Å². The van der Waals surface area contributed by atoms with Crippen molar-refractivity contribution in [1.29, 1.82) is 0 Å². The molecule has 0 saturated carbocycles. The zero-order valence-electron chi connectivity index (χ0n) is 15.6. The van der Waals surface area contributed by atoms with Crippen LogP contribution in [-0.4, -0.2) is 56.6 Å². The summed E-state index contributed by atoms with van der Waals surface area (Å²) < 4.78 is 0. The summed E-state index contributed by atoms with van der Waals surface area (Å²) in [4.78, 5) is 30.4. The number of amides is 1. The molecule has 0 aliphatic carbocycles. The summed E-state index contributed by atoms with van der Waals surface area (Å²) in [6.45, 7) is 2.93. The second-order valence-electron chi connectivity index (χ2n) is 6.82. The average Bonchev–Trinajstić information content (AvgIpc) is 3.13. The van der Waals surface area contributed by atoms with E-state index < -0.39 is 0 Å². The quantitative estimate of drug-likeness (QED) is 0.763. The molecule has 0 unspecified atom stereocenters. The van der Waals surface area contributed by atoms with Crippen LogP contribution in [0.1, 0.15) is 27.4 Å². The van der Waals surface area contributed by atoms with Crippen molar-refractivity contribution in [1.82, 2.24) is 30.0 Å². The lowest BCUT2D eigenvalue weighted by Gasteiger charge is -2.30. The minimum absolute atomic E-state index is 0.0885. The molecule has 0 spiro atoms. The van der Waals surface area contributed by atoms with Crippen LogP contribution in [0.2, 0.25) is 0 Å². The van der Waals surface area contributed by atoms with E-state index in [1.54, 1.807) is 17.2 Å². The van der Waals surface area contributed by atoms with Crippen LogP contribution in [0.5, 0.6) is 0 Å². The van der Waals surface area contributed by atoms with Gasteiger partial charge in [-0.2, -0.15) is 5.10 Å². The van der Waals surface area contributed by atoms with Crippen molar-refractivity contribution in [2.24, 2.45) is 0 Å². The van der Waals surface area contributed by atoms with Gasteiger partial charge in [-0.3, -0.25) is 14.9 Å². The van der Waals surface area contributed by atoms with E-state index in [1.807, 2.05) is 44.1 Å². The Morgan fingerprint density at radius 3 is 2.78 bits per heavy atom. The number of fused-ring (bicyclic) bond motifs is 1. The van der Waals surface area contributed by atoms with Gasteiger partial charge in [0, 0.05) is 38.1 Å². The molecule has 0 atom stereocenters. The summed E-state index contributed by atoms with van der Waals surface area (Å²) in [5.41, 5.74) is 3.96. The Morgan fingerprint density at radius 1 is 1.26 bits per heavy atom. The largest absolute Gasteiger partial charge is 0.362 e. The van der Waals surface area contributed by atoms with Gasteiger partial charge >= 0.3 is 0 Å². The van der Waals surface area contributed by atoms with Crippen LogP contribution < -0.4 is 4.90 Å². The van der Waals surface area contributed by atoms with Gasteiger partial charge in [-0.1, -0.05) is 6.07 Å². The highest BCUT2D eigenvalue weighted by Gasteiger charge is 2.28. The summed E-state index contributed by atoms with van der Waals surface area (Å²) in [6.07, 6.45) is 2.43. The lowest BCUT2D eigenvalue weighted by molar-refractivity contribution is 0.0726. The van der Waals surface area contributed by atoms with E-state index in [9.17, 15) is 4.79 Å². The number of aromatic nitrogens is 5. The smallest absolute Gasteiger partial charge is 0.274 e. The molecular formula is C19H21N7O. The average molecular weight is 363 g/mol. The molecule has 3 aromatic heterocycles. The first kappa shape index (κ1) is 17.1. The van der Waals surface area contributed by atoms with Gasteiger partial charge in [-0.15, -0.1) is 0 Å². The summed E-state index contributed by atoms with van der Waals surface area (Å²) in [5.74, 6) is 1.36. The van der Waals surface area contributed by atoms with Crippen LogP contribution in [0.25, 0.3) is 11.5 Å². The number of aryl methyl sites for hydroxylation is 1. The van der Waals surface area contributed by atoms with Crippen molar-refractivity contribution >= 4 is 11.7 Å². The van der Waals surface area contributed by atoms with Crippen LogP contribution in [0.4, 0.5) is 5.82 Å². The molecule has 1 aliphatic heterocycles. The minimum Gasteiger partial charge on any atom is -0.362 e. The number of H-pyrrole nitrogens is 1. The van der Waals surface area contributed by atoms with Crippen molar-refractivity contribution in [2.75, 3.05) is 25.5 Å². The molecule has 3 aromatic rings. The number of carbonyl (C=O) groups is 1. The number of anilines is 1. The van der Waals surface area contributed by atoms with Crippen molar-refractivity contribution in [3.8, 4) is 11.5 Å². The highest BCUT2D eigenvalue weighted by Crippen LogP contribution is 2.28. The van der Waals surface area contributed by atoms with E-state index in [1.165, 1.54) is 0 Å². The molecule has 138 valence electrons. The Hall–Kier alpha value is -3.29. The highest BCUT2D eigenvalue weighted by atomic mass is 16.2. The molecule has 8 nitrogen and oxygen atoms in total. The number of hydrogen-bond donors (Lipinski definition) is 1. The molecule has 0 saturated heterocycles. The van der Waals surface area contributed by atoms with E-state index >= 15 is 0 Å². The molecule has 4 heterocycles. The normalized spacial score (nSPS) is 13.4. The third kappa shape index (κ3) is 3.25. The van der Waals surface area contributed by atoms with Gasteiger partial charge in [-0.25, -0.2) is 9.97 Å². The standard InChI is InChI=1S/C19H21N7O/c1-12-10-15(24-23-12)19(27)26-9-7-13-16(11-26)21-17(22-18(13)25(2)3)14-6-4-5-8-20-14/h4-6,8,10H,7,9,11H2,1-3H3,(H,23,24). The van der Waals surface area contributed by atoms with E-state index in [0.717, 1.165) is 28.5 Å². The lowest BCUT2D eigenvalue weighted by atomic mass is 10.0. The fraction of sp³-hybridized carbons (Fsp3) is 0.316. The molecule has 0 aromatic carbocycles. The van der Waals surface area contributed by atoms with Gasteiger partial charge in [0.05, 0.1) is 12.2 Å². The molecule has 1 N–H and O–H groups in total. The van der Waals surface area contributed by atoms with Gasteiger partial charge in [0.1, 0.15) is 17.2 Å². The number of carbonyl (C=O) groups excluding carboxylic acids is 1. The Morgan fingerprint density at radius 2 is 2.11 bits per heavy atom. The van der Waals surface area contributed by atoms with Gasteiger partial charge in [0.15, 0.2) is 5.82 Å². The van der Waals surface area contributed by atoms with Crippen LogP contribution in [-0.2, 0) is 13.0 Å². The molecule has 27 heavy (non-hydrogen) atoms. The van der Waals surface area contributed by atoms with E-state index in [2.05, 4.69) is 15.2 Å². The first-order valence-electron chi connectivity index (χ1n) is 8.82. The summed E-state index contributed by atoms with van der Waals surface area (Å²) in [7, 11) is 3.93. The fourth-order valence-corrected chi connectivity index (χ4v) is 3.25. The summed E-state index contributed by atoms with van der Waals surface area (Å²) >= 11 is 0. The Kier molecular flexibility index (Phi) is 4.31. The van der Waals surface area contributed by atoms with E-state index in [0.29, 0.717) is 31.0 Å².